The van der Waals surface area contributed by atoms with Crippen molar-refractivity contribution in [1.82, 2.24) is 5.32 Å². The fourth-order valence-electron chi connectivity index (χ4n) is 2.78. The van der Waals surface area contributed by atoms with Crippen molar-refractivity contribution in [3.8, 4) is 0 Å². The van der Waals surface area contributed by atoms with Crippen LogP contribution in [-0.2, 0) is 9.59 Å². The summed E-state index contributed by atoms with van der Waals surface area (Å²) in [6, 6.07) is 0.170. The van der Waals surface area contributed by atoms with Crippen LogP contribution in [0.5, 0.6) is 0 Å². The Morgan fingerprint density at radius 1 is 1.33 bits per heavy atom. The minimum Gasteiger partial charge on any atom is -0.478 e. The Morgan fingerprint density at radius 2 is 1.86 bits per heavy atom. The Bertz CT molecular complexity index is 458. The molecule has 1 rings (SSSR count). The zero-order valence-corrected chi connectivity index (χ0v) is 13.3. The van der Waals surface area contributed by atoms with Crippen LogP contribution in [-0.4, -0.2) is 29.1 Å². The van der Waals surface area contributed by atoms with E-state index in [4.69, 9.17) is 5.41 Å². The predicted octanol–water partition coefficient (Wildman–Crippen LogP) is 2.76. The maximum Gasteiger partial charge on any atom is 0.339 e. The van der Waals surface area contributed by atoms with E-state index in [9.17, 15) is 14.7 Å². The van der Waals surface area contributed by atoms with Crippen LogP contribution in [0.15, 0.2) is 11.3 Å². The van der Waals surface area contributed by atoms with Crippen molar-refractivity contribution in [1.29, 1.82) is 5.41 Å². The zero-order chi connectivity index (χ0) is 16.2. The number of carbonyl (C=O) groups excluding carboxylic acids is 1. The average molecular weight is 294 g/mol. The first-order valence-electron chi connectivity index (χ1n) is 7.46. The van der Waals surface area contributed by atoms with Crippen LogP contribution >= 0.6 is 0 Å². The molecule has 5 heteroatoms. The molecule has 5 nitrogen and oxygen atoms in total. The van der Waals surface area contributed by atoms with Gasteiger partial charge in [-0.15, -0.1) is 0 Å². The molecule has 0 aromatic rings. The summed E-state index contributed by atoms with van der Waals surface area (Å²) in [5.74, 6) is -0.837. The summed E-state index contributed by atoms with van der Waals surface area (Å²) in [5, 5.41) is 19.8. The van der Waals surface area contributed by atoms with Gasteiger partial charge in [0.25, 0.3) is 0 Å². The van der Waals surface area contributed by atoms with Gasteiger partial charge in [0, 0.05) is 23.4 Å². The highest BCUT2D eigenvalue weighted by Crippen LogP contribution is 2.37. The Labute approximate surface area is 126 Å². The van der Waals surface area contributed by atoms with E-state index in [-0.39, 0.29) is 28.7 Å². The highest BCUT2D eigenvalue weighted by Gasteiger charge is 2.35. The summed E-state index contributed by atoms with van der Waals surface area (Å²) in [6.45, 7) is 7.48. The van der Waals surface area contributed by atoms with E-state index in [0.717, 1.165) is 31.9 Å². The monoisotopic (exact) mass is 294 g/mol. The van der Waals surface area contributed by atoms with Crippen LogP contribution in [0.4, 0.5) is 0 Å². The summed E-state index contributed by atoms with van der Waals surface area (Å²) in [7, 11) is 0. The second-order valence-corrected chi connectivity index (χ2v) is 6.47. The summed E-state index contributed by atoms with van der Waals surface area (Å²) in [6.07, 6.45) is 4.22. The Hall–Kier alpha value is -1.65. The number of ketones is 1. The standard InChI is InChI=1S/C16H26N2O3/c1-10(2)14(13(9-17)15(20)21)18-12-5-7-16(4,8-6-12)11(3)19/h9-10,12,17-18H,5-8H2,1-4H3,(H,20,21)/b14-13+,17-9?/t12-,16-. The fraction of sp³-hybridized carbons (Fsp3) is 0.688. The van der Waals surface area contributed by atoms with Crippen LogP contribution in [0, 0.1) is 16.7 Å². The lowest BCUT2D eigenvalue weighted by atomic mass is 9.71. The molecule has 21 heavy (non-hydrogen) atoms. The van der Waals surface area contributed by atoms with Gasteiger partial charge >= 0.3 is 5.97 Å². The van der Waals surface area contributed by atoms with Crippen molar-refractivity contribution >= 4 is 18.0 Å². The third-order valence-corrected chi connectivity index (χ3v) is 4.54. The summed E-state index contributed by atoms with van der Waals surface area (Å²) < 4.78 is 0. The van der Waals surface area contributed by atoms with Crippen molar-refractivity contribution < 1.29 is 14.7 Å². The Balaban J connectivity index is 2.83. The highest BCUT2D eigenvalue weighted by atomic mass is 16.4. The molecule has 0 atom stereocenters. The average Bonchev–Trinajstić information content (AvgIpc) is 2.40. The molecule has 0 aromatic heterocycles. The molecule has 0 amide bonds. The third kappa shape index (κ3) is 4.16. The number of carbonyl (C=O) groups is 2. The number of aliphatic carboxylic acids is 1. The number of hydrogen-bond donors (Lipinski definition) is 3. The molecule has 1 aliphatic rings. The second kappa shape index (κ2) is 6.87. The van der Waals surface area contributed by atoms with E-state index in [1.54, 1.807) is 6.92 Å². The van der Waals surface area contributed by atoms with E-state index in [1.807, 2.05) is 20.8 Å². The van der Waals surface area contributed by atoms with E-state index in [0.29, 0.717) is 5.70 Å². The maximum absolute atomic E-state index is 11.7. The number of Topliss-reactive ketones (excluding diaryl/α,β-unsaturated/α-hetero) is 1. The number of carboxylic acids is 1. The first-order chi connectivity index (χ1) is 9.71. The van der Waals surface area contributed by atoms with Crippen molar-refractivity contribution in [2.75, 3.05) is 0 Å². The molecule has 1 aliphatic carbocycles. The van der Waals surface area contributed by atoms with Crippen molar-refractivity contribution in [3.63, 3.8) is 0 Å². The minimum absolute atomic E-state index is 0.0128. The molecule has 0 spiro atoms. The molecule has 1 fully saturated rings. The largest absolute Gasteiger partial charge is 0.478 e. The Kier molecular flexibility index (Phi) is 5.70. The predicted molar refractivity (Wildman–Crippen MR) is 82.5 cm³/mol. The van der Waals surface area contributed by atoms with Gasteiger partial charge in [0.2, 0.25) is 0 Å². The number of allylic oxidation sites excluding steroid dienone is 1. The van der Waals surface area contributed by atoms with Gasteiger partial charge in [0.05, 0.1) is 5.57 Å². The van der Waals surface area contributed by atoms with Gasteiger partial charge in [0.1, 0.15) is 5.78 Å². The van der Waals surface area contributed by atoms with Gasteiger partial charge in [0.15, 0.2) is 0 Å². The number of hydrogen-bond acceptors (Lipinski definition) is 4. The van der Waals surface area contributed by atoms with E-state index in [2.05, 4.69) is 5.32 Å². The first kappa shape index (κ1) is 17.4. The van der Waals surface area contributed by atoms with Crippen LogP contribution in [0.25, 0.3) is 0 Å². The summed E-state index contributed by atoms with van der Waals surface area (Å²) in [5.41, 5.74) is 0.385. The number of nitrogens with one attached hydrogen (secondary N) is 2. The number of carboxylic acid groups (broad SMARTS) is 1. The maximum atomic E-state index is 11.7. The van der Waals surface area contributed by atoms with Gasteiger partial charge in [-0.1, -0.05) is 20.8 Å². The molecule has 3 N–H and O–H groups in total. The van der Waals surface area contributed by atoms with Crippen LogP contribution in [0.3, 0.4) is 0 Å². The van der Waals surface area contributed by atoms with E-state index in [1.165, 1.54) is 0 Å². The van der Waals surface area contributed by atoms with Gasteiger partial charge in [-0.2, -0.15) is 0 Å². The quantitative estimate of drug-likeness (QED) is 0.519. The second-order valence-electron chi connectivity index (χ2n) is 6.47. The molecule has 0 radical (unpaired) electrons. The van der Waals surface area contributed by atoms with Crippen LogP contribution in [0.2, 0.25) is 0 Å². The minimum atomic E-state index is -1.08. The van der Waals surface area contributed by atoms with Crippen molar-refractivity contribution in [3.05, 3.63) is 11.3 Å². The van der Waals surface area contributed by atoms with E-state index >= 15 is 0 Å². The SMILES string of the molecule is CC(=O)[C@]1(C)CC[C@@H](N/C(=C(\C=N)C(=O)O)C(C)C)CC1. The van der Waals surface area contributed by atoms with Crippen LogP contribution < -0.4 is 5.32 Å². The molecule has 0 aromatic carbocycles. The molecular weight excluding hydrogens is 268 g/mol. The van der Waals surface area contributed by atoms with Gasteiger partial charge in [-0.3, -0.25) is 4.79 Å². The third-order valence-electron chi connectivity index (χ3n) is 4.54. The molecule has 0 aliphatic heterocycles. The Morgan fingerprint density at radius 3 is 2.19 bits per heavy atom. The fourth-order valence-corrected chi connectivity index (χ4v) is 2.78. The lowest BCUT2D eigenvalue weighted by Crippen LogP contribution is -2.40. The lowest BCUT2D eigenvalue weighted by molar-refractivity contribution is -0.132. The summed E-state index contributed by atoms with van der Waals surface area (Å²) in [4.78, 5) is 22.9. The normalized spacial score (nSPS) is 27.0. The van der Waals surface area contributed by atoms with Crippen LogP contribution in [0.1, 0.15) is 53.4 Å². The lowest BCUT2D eigenvalue weighted by Gasteiger charge is -2.37. The van der Waals surface area contributed by atoms with Gasteiger partial charge < -0.3 is 15.8 Å². The van der Waals surface area contributed by atoms with Gasteiger partial charge in [-0.05, 0) is 38.5 Å². The molecular formula is C16H26N2O3. The smallest absolute Gasteiger partial charge is 0.339 e. The van der Waals surface area contributed by atoms with Crippen molar-refractivity contribution in [2.24, 2.45) is 11.3 Å². The molecule has 118 valence electrons. The topological polar surface area (TPSA) is 90.3 Å². The zero-order valence-electron chi connectivity index (χ0n) is 13.3. The molecule has 1 saturated carbocycles. The molecule has 0 heterocycles. The summed E-state index contributed by atoms with van der Waals surface area (Å²) >= 11 is 0. The highest BCUT2D eigenvalue weighted by molar-refractivity contribution is 6.08. The van der Waals surface area contributed by atoms with E-state index < -0.39 is 5.97 Å². The van der Waals surface area contributed by atoms with Gasteiger partial charge in [-0.25, -0.2) is 4.79 Å². The molecule has 0 bridgehead atoms. The van der Waals surface area contributed by atoms with Crippen molar-refractivity contribution in [2.45, 2.75) is 59.4 Å². The molecule has 0 unspecified atom stereocenters. The first-order valence-corrected chi connectivity index (χ1v) is 7.46. The number of rotatable bonds is 6. The molecule has 0 saturated heterocycles.